The number of nitrogens with two attached hydrogens (primary N) is 1. The first-order chi connectivity index (χ1) is 8.08. The molecule has 2 fully saturated rings. The Bertz CT molecular complexity index is 351. The molecule has 0 aromatic carbocycles. The summed E-state index contributed by atoms with van der Waals surface area (Å²) >= 11 is 4.65. The molecule has 0 unspecified atom stereocenters. The van der Waals surface area contributed by atoms with Crippen LogP contribution in [0.25, 0.3) is 0 Å². The zero-order chi connectivity index (χ0) is 12.4. The first kappa shape index (κ1) is 12.3. The largest absolute Gasteiger partial charge is 0.392 e. The van der Waals surface area contributed by atoms with Crippen LogP contribution in [0.1, 0.15) is 25.7 Å². The van der Waals surface area contributed by atoms with Gasteiger partial charge in [0, 0.05) is 12.6 Å². The molecule has 0 aliphatic heterocycles. The predicted molar refractivity (Wildman–Crippen MR) is 67.3 cm³/mol. The number of nitrogens with zero attached hydrogens (tertiary/aromatic N) is 1. The van der Waals surface area contributed by atoms with E-state index in [2.05, 4.69) is 17.5 Å². The van der Waals surface area contributed by atoms with Gasteiger partial charge in [-0.1, -0.05) is 12.2 Å². The van der Waals surface area contributed by atoms with Crippen molar-refractivity contribution >= 4 is 29.0 Å². The SMILES string of the molecule is NC(=S)CNC(=O)C(=O)N(CC1CC1)C1CC1. The molecular formula is C11H17N3O2S. The second-order valence-electron chi connectivity index (χ2n) is 4.78. The van der Waals surface area contributed by atoms with Crippen molar-refractivity contribution < 1.29 is 9.59 Å². The minimum atomic E-state index is -0.592. The van der Waals surface area contributed by atoms with E-state index in [-0.39, 0.29) is 17.6 Å². The Morgan fingerprint density at radius 2 is 1.94 bits per heavy atom. The minimum absolute atomic E-state index is 0.0852. The molecule has 2 rings (SSSR count). The number of rotatable bonds is 5. The van der Waals surface area contributed by atoms with Gasteiger partial charge in [-0.25, -0.2) is 0 Å². The Labute approximate surface area is 106 Å². The molecule has 2 saturated carbocycles. The first-order valence-corrected chi connectivity index (χ1v) is 6.36. The zero-order valence-electron chi connectivity index (χ0n) is 9.65. The Balaban J connectivity index is 1.85. The van der Waals surface area contributed by atoms with Crippen molar-refractivity contribution in [3.63, 3.8) is 0 Å². The van der Waals surface area contributed by atoms with Gasteiger partial charge in [-0.15, -0.1) is 0 Å². The Morgan fingerprint density at radius 1 is 1.29 bits per heavy atom. The van der Waals surface area contributed by atoms with Crippen LogP contribution >= 0.6 is 12.2 Å². The van der Waals surface area contributed by atoms with Gasteiger partial charge in [0.25, 0.3) is 0 Å². The predicted octanol–water partition coefficient (Wildman–Crippen LogP) is -0.210. The highest BCUT2D eigenvalue weighted by molar-refractivity contribution is 7.80. The molecule has 0 saturated heterocycles. The molecular weight excluding hydrogens is 238 g/mol. The third kappa shape index (κ3) is 3.66. The number of hydrogen-bond acceptors (Lipinski definition) is 3. The summed E-state index contributed by atoms with van der Waals surface area (Å²) in [5, 5.41) is 2.44. The average molecular weight is 255 g/mol. The van der Waals surface area contributed by atoms with Crippen LogP contribution < -0.4 is 11.1 Å². The summed E-state index contributed by atoms with van der Waals surface area (Å²) in [5.74, 6) is -0.427. The molecule has 94 valence electrons. The normalized spacial score (nSPS) is 18.6. The summed E-state index contributed by atoms with van der Waals surface area (Å²) in [5.41, 5.74) is 5.27. The van der Waals surface area contributed by atoms with Crippen molar-refractivity contribution in [3.05, 3.63) is 0 Å². The maximum absolute atomic E-state index is 11.9. The van der Waals surface area contributed by atoms with Crippen molar-refractivity contribution in [2.45, 2.75) is 31.7 Å². The van der Waals surface area contributed by atoms with E-state index < -0.39 is 11.8 Å². The van der Waals surface area contributed by atoms with Crippen LogP contribution in [0.5, 0.6) is 0 Å². The number of thiocarbonyl (C=S) groups is 1. The molecule has 3 N–H and O–H groups in total. The Morgan fingerprint density at radius 3 is 2.41 bits per heavy atom. The second-order valence-corrected chi connectivity index (χ2v) is 5.31. The summed E-state index contributed by atoms with van der Waals surface area (Å²) in [7, 11) is 0. The summed E-state index contributed by atoms with van der Waals surface area (Å²) in [4.78, 5) is 25.4. The molecule has 0 aromatic heterocycles. The van der Waals surface area contributed by atoms with Gasteiger partial charge >= 0.3 is 11.8 Å². The van der Waals surface area contributed by atoms with Crippen LogP contribution in [0.3, 0.4) is 0 Å². The first-order valence-electron chi connectivity index (χ1n) is 5.95. The molecule has 0 radical (unpaired) electrons. The molecule has 0 bridgehead atoms. The summed E-state index contributed by atoms with van der Waals surface area (Å²) in [6, 6.07) is 0.277. The summed E-state index contributed by atoms with van der Waals surface area (Å²) in [6.45, 7) is 0.811. The van der Waals surface area contributed by atoms with E-state index in [0.717, 1.165) is 19.4 Å². The molecule has 0 heterocycles. The van der Waals surface area contributed by atoms with Crippen LogP contribution in [-0.4, -0.2) is 40.8 Å². The topological polar surface area (TPSA) is 75.4 Å². The molecule has 0 atom stereocenters. The van der Waals surface area contributed by atoms with Crippen molar-refractivity contribution in [1.29, 1.82) is 0 Å². The highest BCUT2D eigenvalue weighted by Gasteiger charge is 2.38. The van der Waals surface area contributed by atoms with E-state index in [1.165, 1.54) is 12.8 Å². The average Bonchev–Trinajstić information content (AvgIpc) is 3.13. The van der Waals surface area contributed by atoms with Crippen LogP contribution in [0.15, 0.2) is 0 Å². The number of amides is 2. The van der Waals surface area contributed by atoms with Gasteiger partial charge in [0.15, 0.2) is 0 Å². The van der Waals surface area contributed by atoms with Crippen molar-refractivity contribution in [2.75, 3.05) is 13.1 Å². The third-order valence-electron chi connectivity index (χ3n) is 3.02. The van der Waals surface area contributed by atoms with E-state index >= 15 is 0 Å². The molecule has 2 aliphatic rings. The second kappa shape index (κ2) is 5.00. The van der Waals surface area contributed by atoms with Gasteiger partial charge in [-0.05, 0) is 31.6 Å². The standard InChI is InChI=1S/C11H17N3O2S/c12-9(17)5-13-10(15)11(16)14(8-3-4-8)6-7-1-2-7/h7-8H,1-6H2,(H2,12,17)(H,13,15). The van der Waals surface area contributed by atoms with E-state index in [1.807, 2.05) is 0 Å². The van der Waals surface area contributed by atoms with Crippen LogP contribution in [0.4, 0.5) is 0 Å². The Kier molecular flexibility index (Phi) is 3.61. The van der Waals surface area contributed by atoms with Crippen molar-refractivity contribution in [1.82, 2.24) is 10.2 Å². The minimum Gasteiger partial charge on any atom is -0.392 e. The molecule has 0 spiro atoms. The van der Waals surface area contributed by atoms with Crippen LogP contribution in [-0.2, 0) is 9.59 Å². The highest BCUT2D eigenvalue weighted by atomic mass is 32.1. The smallest absolute Gasteiger partial charge is 0.312 e. The number of carbonyl (C=O) groups excluding carboxylic acids is 2. The van der Waals surface area contributed by atoms with E-state index in [4.69, 9.17) is 5.73 Å². The monoisotopic (exact) mass is 255 g/mol. The molecule has 17 heavy (non-hydrogen) atoms. The molecule has 6 heteroatoms. The maximum atomic E-state index is 11.9. The van der Waals surface area contributed by atoms with Gasteiger partial charge in [0.2, 0.25) is 0 Å². The van der Waals surface area contributed by atoms with E-state index in [0.29, 0.717) is 5.92 Å². The highest BCUT2D eigenvalue weighted by Crippen LogP contribution is 2.34. The quantitative estimate of drug-likeness (QED) is 0.526. The van der Waals surface area contributed by atoms with Gasteiger partial charge in [-0.2, -0.15) is 0 Å². The van der Waals surface area contributed by atoms with Gasteiger partial charge in [0.05, 0.1) is 11.5 Å². The summed E-state index contributed by atoms with van der Waals surface area (Å²) in [6.07, 6.45) is 4.37. The van der Waals surface area contributed by atoms with Gasteiger partial charge in [-0.3, -0.25) is 9.59 Å². The lowest BCUT2D eigenvalue weighted by Crippen LogP contribution is -2.46. The fourth-order valence-electron chi connectivity index (χ4n) is 1.74. The molecule has 5 nitrogen and oxygen atoms in total. The number of nitrogens with one attached hydrogen (secondary N) is 1. The number of carbonyl (C=O) groups is 2. The van der Waals surface area contributed by atoms with Crippen LogP contribution in [0.2, 0.25) is 0 Å². The Hall–Kier alpha value is -1.17. The van der Waals surface area contributed by atoms with E-state index in [1.54, 1.807) is 4.90 Å². The van der Waals surface area contributed by atoms with Gasteiger partial charge in [0.1, 0.15) is 0 Å². The maximum Gasteiger partial charge on any atom is 0.312 e. The van der Waals surface area contributed by atoms with E-state index in [9.17, 15) is 9.59 Å². The fraction of sp³-hybridized carbons (Fsp3) is 0.727. The molecule has 2 amide bonds. The van der Waals surface area contributed by atoms with Crippen molar-refractivity contribution in [3.8, 4) is 0 Å². The lowest BCUT2D eigenvalue weighted by molar-refractivity contribution is -0.146. The third-order valence-corrected chi connectivity index (χ3v) is 3.16. The van der Waals surface area contributed by atoms with Crippen molar-refractivity contribution in [2.24, 2.45) is 11.7 Å². The lowest BCUT2D eigenvalue weighted by atomic mass is 10.3. The zero-order valence-corrected chi connectivity index (χ0v) is 10.5. The van der Waals surface area contributed by atoms with Crippen LogP contribution in [0, 0.1) is 5.92 Å². The van der Waals surface area contributed by atoms with Gasteiger partial charge < -0.3 is 16.0 Å². The lowest BCUT2D eigenvalue weighted by Gasteiger charge is -2.21. The summed E-state index contributed by atoms with van der Waals surface area (Å²) < 4.78 is 0. The number of hydrogen-bond donors (Lipinski definition) is 2. The molecule has 2 aliphatic carbocycles. The fourth-order valence-corrected chi connectivity index (χ4v) is 1.81. The molecule has 0 aromatic rings.